The lowest BCUT2D eigenvalue weighted by Gasteiger charge is -2.14. The predicted octanol–water partition coefficient (Wildman–Crippen LogP) is 3.48. The topological polar surface area (TPSA) is 75.6 Å². The zero-order chi connectivity index (χ0) is 17.0. The van der Waals surface area contributed by atoms with Gasteiger partial charge in [-0.3, -0.25) is 4.79 Å². The SMILES string of the molecule is C[C@H](OC(=O)c1cc(Br)ccc1O)C(=O)Nc1ccc(F)cc1. The van der Waals surface area contributed by atoms with Crippen LogP contribution in [0, 0.1) is 5.82 Å². The highest BCUT2D eigenvalue weighted by Gasteiger charge is 2.21. The lowest BCUT2D eigenvalue weighted by Crippen LogP contribution is -2.30. The zero-order valence-corrected chi connectivity index (χ0v) is 13.6. The first-order chi connectivity index (χ1) is 10.9. The Labute approximate surface area is 140 Å². The maximum atomic E-state index is 12.8. The summed E-state index contributed by atoms with van der Waals surface area (Å²) in [5, 5.41) is 12.2. The lowest BCUT2D eigenvalue weighted by molar-refractivity contribution is -0.123. The van der Waals surface area contributed by atoms with Gasteiger partial charge in [0, 0.05) is 10.2 Å². The number of halogens is 2. The van der Waals surface area contributed by atoms with Gasteiger partial charge in [-0.15, -0.1) is 0 Å². The second-order valence-electron chi connectivity index (χ2n) is 4.71. The molecule has 1 amide bonds. The summed E-state index contributed by atoms with van der Waals surface area (Å²) in [5.74, 6) is -2.07. The normalized spacial score (nSPS) is 11.6. The smallest absolute Gasteiger partial charge is 0.342 e. The molecule has 0 radical (unpaired) electrons. The maximum Gasteiger partial charge on any atom is 0.342 e. The molecule has 0 bridgehead atoms. The minimum Gasteiger partial charge on any atom is -0.507 e. The van der Waals surface area contributed by atoms with Gasteiger partial charge in [0.15, 0.2) is 6.10 Å². The molecule has 1 atom stereocenters. The van der Waals surface area contributed by atoms with Crippen molar-refractivity contribution in [2.75, 3.05) is 5.32 Å². The largest absolute Gasteiger partial charge is 0.507 e. The molecule has 2 rings (SSSR count). The van der Waals surface area contributed by atoms with Crippen LogP contribution in [0.2, 0.25) is 0 Å². The summed E-state index contributed by atoms with van der Waals surface area (Å²) < 4.78 is 18.4. The Kier molecular flexibility index (Phi) is 5.33. The Hall–Kier alpha value is -2.41. The van der Waals surface area contributed by atoms with Crippen molar-refractivity contribution in [2.45, 2.75) is 13.0 Å². The summed E-state index contributed by atoms with van der Waals surface area (Å²) >= 11 is 3.18. The fraction of sp³-hybridized carbons (Fsp3) is 0.125. The van der Waals surface area contributed by atoms with Crippen LogP contribution in [-0.4, -0.2) is 23.1 Å². The van der Waals surface area contributed by atoms with Crippen molar-refractivity contribution in [3.63, 3.8) is 0 Å². The van der Waals surface area contributed by atoms with E-state index in [9.17, 15) is 19.1 Å². The molecule has 0 heterocycles. The summed E-state index contributed by atoms with van der Waals surface area (Å²) in [6, 6.07) is 9.48. The molecule has 0 spiro atoms. The van der Waals surface area contributed by atoms with Crippen molar-refractivity contribution in [1.29, 1.82) is 0 Å². The van der Waals surface area contributed by atoms with E-state index in [1.54, 1.807) is 6.07 Å². The quantitative estimate of drug-likeness (QED) is 0.794. The maximum absolute atomic E-state index is 12.8. The third-order valence-corrected chi connectivity index (χ3v) is 3.44. The number of anilines is 1. The van der Waals surface area contributed by atoms with Gasteiger partial charge in [0.1, 0.15) is 17.1 Å². The van der Waals surface area contributed by atoms with E-state index in [-0.39, 0.29) is 11.3 Å². The molecule has 2 aromatic carbocycles. The van der Waals surface area contributed by atoms with Gasteiger partial charge in [-0.05, 0) is 49.4 Å². The van der Waals surface area contributed by atoms with Crippen molar-refractivity contribution >= 4 is 33.5 Å². The third kappa shape index (κ3) is 4.53. The van der Waals surface area contributed by atoms with Crippen LogP contribution < -0.4 is 5.32 Å². The molecule has 0 aromatic heterocycles. The number of phenolic OH excluding ortho intramolecular Hbond substituents is 1. The highest BCUT2D eigenvalue weighted by Crippen LogP contribution is 2.23. The molecule has 23 heavy (non-hydrogen) atoms. The number of nitrogens with one attached hydrogen (secondary N) is 1. The van der Waals surface area contributed by atoms with E-state index < -0.39 is 23.8 Å². The summed E-state index contributed by atoms with van der Waals surface area (Å²) in [7, 11) is 0. The second kappa shape index (κ2) is 7.23. The van der Waals surface area contributed by atoms with E-state index in [4.69, 9.17) is 4.74 Å². The number of aromatic hydroxyl groups is 1. The Morgan fingerprint density at radius 2 is 1.87 bits per heavy atom. The predicted molar refractivity (Wildman–Crippen MR) is 85.7 cm³/mol. The van der Waals surface area contributed by atoms with Crippen LogP contribution in [0.5, 0.6) is 5.75 Å². The standard InChI is InChI=1S/C16H13BrFNO4/c1-9(15(21)19-12-5-3-11(18)4-6-12)23-16(22)13-8-10(17)2-7-14(13)20/h2-9,20H,1H3,(H,19,21)/t9-/m0/s1. The molecule has 7 heteroatoms. The van der Waals surface area contributed by atoms with Crippen LogP contribution in [0.3, 0.4) is 0 Å². The molecule has 2 N–H and O–H groups in total. The fourth-order valence-electron chi connectivity index (χ4n) is 1.73. The molecule has 120 valence electrons. The minimum atomic E-state index is -1.09. The molecule has 2 aromatic rings. The van der Waals surface area contributed by atoms with E-state index in [0.29, 0.717) is 10.2 Å². The summed E-state index contributed by atoms with van der Waals surface area (Å²) in [6.45, 7) is 1.39. The van der Waals surface area contributed by atoms with Crippen LogP contribution in [0.1, 0.15) is 17.3 Å². The second-order valence-corrected chi connectivity index (χ2v) is 5.62. The number of benzene rings is 2. The molecule has 0 unspecified atom stereocenters. The van der Waals surface area contributed by atoms with E-state index in [2.05, 4.69) is 21.2 Å². The first-order valence-corrected chi connectivity index (χ1v) is 7.42. The summed E-state index contributed by atoms with van der Waals surface area (Å²) in [6.07, 6.45) is -1.09. The molecule has 0 aliphatic rings. The first kappa shape index (κ1) is 17.0. The number of rotatable bonds is 4. The van der Waals surface area contributed by atoms with Crippen LogP contribution >= 0.6 is 15.9 Å². The number of amides is 1. The number of hydrogen-bond acceptors (Lipinski definition) is 4. The van der Waals surface area contributed by atoms with E-state index >= 15 is 0 Å². The molecule has 5 nitrogen and oxygen atoms in total. The number of carbonyl (C=O) groups is 2. The molecule has 0 saturated carbocycles. The average molecular weight is 382 g/mol. The Balaban J connectivity index is 2.01. The van der Waals surface area contributed by atoms with Crippen LogP contribution in [0.15, 0.2) is 46.9 Å². The Morgan fingerprint density at radius 1 is 1.22 bits per heavy atom. The van der Waals surface area contributed by atoms with Gasteiger partial charge in [0.2, 0.25) is 0 Å². The zero-order valence-electron chi connectivity index (χ0n) is 12.0. The molecule has 0 aliphatic heterocycles. The highest BCUT2D eigenvalue weighted by molar-refractivity contribution is 9.10. The molecule has 0 saturated heterocycles. The van der Waals surface area contributed by atoms with Gasteiger partial charge in [0.25, 0.3) is 5.91 Å². The average Bonchev–Trinajstić information content (AvgIpc) is 2.51. The van der Waals surface area contributed by atoms with Gasteiger partial charge in [-0.2, -0.15) is 0 Å². The minimum absolute atomic E-state index is 0.0548. The number of esters is 1. The third-order valence-electron chi connectivity index (χ3n) is 2.94. The molecule has 0 aliphatic carbocycles. The first-order valence-electron chi connectivity index (χ1n) is 6.63. The summed E-state index contributed by atoms with van der Waals surface area (Å²) in [4.78, 5) is 24.0. The highest BCUT2D eigenvalue weighted by atomic mass is 79.9. The number of phenols is 1. The van der Waals surface area contributed by atoms with Gasteiger partial charge >= 0.3 is 5.97 Å². The van der Waals surface area contributed by atoms with E-state index in [1.807, 2.05) is 0 Å². The van der Waals surface area contributed by atoms with Crippen molar-refractivity contribution in [3.05, 3.63) is 58.3 Å². The molecular formula is C16H13BrFNO4. The number of hydrogen-bond donors (Lipinski definition) is 2. The van der Waals surface area contributed by atoms with Gasteiger partial charge < -0.3 is 15.2 Å². The van der Waals surface area contributed by atoms with Gasteiger partial charge in [-0.1, -0.05) is 15.9 Å². The van der Waals surface area contributed by atoms with E-state index in [1.165, 1.54) is 43.3 Å². The van der Waals surface area contributed by atoms with Gasteiger partial charge in [-0.25, -0.2) is 9.18 Å². The van der Waals surface area contributed by atoms with Crippen molar-refractivity contribution in [1.82, 2.24) is 0 Å². The summed E-state index contributed by atoms with van der Waals surface area (Å²) in [5.41, 5.74) is 0.324. The van der Waals surface area contributed by atoms with Crippen molar-refractivity contribution in [3.8, 4) is 5.75 Å². The molecule has 0 fully saturated rings. The fourth-order valence-corrected chi connectivity index (χ4v) is 2.09. The monoisotopic (exact) mass is 381 g/mol. The van der Waals surface area contributed by atoms with E-state index in [0.717, 1.165) is 0 Å². The Bertz CT molecular complexity index is 733. The Morgan fingerprint density at radius 3 is 2.52 bits per heavy atom. The molecular weight excluding hydrogens is 369 g/mol. The van der Waals surface area contributed by atoms with Crippen LogP contribution in [0.4, 0.5) is 10.1 Å². The van der Waals surface area contributed by atoms with Crippen molar-refractivity contribution in [2.24, 2.45) is 0 Å². The number of ether oxygens (including phenoxy) is 1. The van der Waals surface area contributed by atoms with Crippen LogP contribution in [-0.2, 0) is 9.53 Å². The van der Waals surface area contributed by atoms with Gasteiger partial charge in [0.05, 0.1) is 0 Å². The van der Waals surface area contributed by atoms with Crippen molar-refractivity contribution < 1.29 is 23.8 Å². The lowest BCUT2D eigenvalue weighted by atomic mass is 10.2. The number of carbonyl (C=O) groups excluding carboxylic acids is 2. The van der Waals surface area contributed by atoms with Crippen LogP contribution in [0.25, 0.3) is 0 Å².